The van der Waals surface area contributed by atoms with Gasteiger partial charge in [-0.15, -0.1) is 0 Å². The monoisotopic (exact) mass is 400 g/mol. The molecule has 2 heterocycles. The molecule has 2 aliphatic heterocycles. The van der Waals surface area contributed by atoms with Gasteiger partial charge in [-0.3, -0.25) is 19.7 Å². The third-order valence-electron chi connectivity index (χ3n) is 6.17. The highest BCUT2D eigenvalue weighted by Crippen LogP contribution is 2.33. The molecule has 1 aliphatic carbocycles. The van der Waals surface area contributed by atoms with Crippen molar-refractivity contribution < 1.29 is 23.9 Å². The summed E-state index contributed by atoms with van der Waals surface area (Å²) in [7, 11) is 0. The van der Waals surface area contributed by atoms with E-state index in [1.807, 2.05) is 6.07 Å². The second-order valence-electron chi connectivity index (χ2n) is 8.08. The van der Waals surface area contributed by atoms with Crippen molar-refractivity contribution in [2.24, 2.45) is 5.92 Å². The Kier molecular flexibility index (Phi) is 6.13. The fourth-order valence-electron chi connectivity index (χ4n) is 4.55. The molecule has 4 rings (SSSR count). The standard InChI is InChI=1S/C22H28N2O5/c25-20-9-8-18(21(26)23-20)24-14-17-16(22(24)27)6-3-7-19(17)29-13-12-28-11-10-15-4-1-2-5-15/h3,6-7,15,18H,1-2,4-5,8-14H2,(H,23,25,26). The second-order valence-corrected chi connectivity index (χ2v) is 8.08. The van der Waals surface area contributed by atoms with Crippen LogP contribution in [0.2, 0.25) is 0 Å². The van der Waals surface area contributed by atoms with E-state index >= 15 is 0 Å². The Balaban J connectivity index is 1.30. The second kappa shape index (κ2) is 8.95. The number of benzene rings is 1. The molecule has 2 fully saturated rings. The summed E-state index contributed by atoms with van der Waals surface area (Å²) in [5, 5.41) is 2.32. The van der Waals surface area contributed by atoms with E-state index in [-0.39, 0.29) is 18.2 Å². The van der Waals surface area contributed by atoms with Gasteiger partial charge in [-0.1, -0.05) is 31.7 Å². The normalized spacial score (nSPS) is 22.1. The maximum absolute atomic E-state index is 12.8. The Morgan fingerprint density at radius 1 is 1.03 bits per heavy atom. The number of carbonyl (C=O) groups excluding carboxylic acids is 3. The van der Waals surface area contributed by atoms with Gasteiger partial charge in [-0.25, -0.2) is 0 Å². The number of hydrogen-bond acceptors (Lipinski definition) is 5. The maximum Gasteiger partial charge on any atom is 0.255 e. The van der Waals surface area contributed by atoms with Crippen LogP contribution in [-0.2, 0) is 20.9 Å². The van der Waals surface area contributed by atoms with Gasteiger partial charge in [0, 0.05) is 24.2 Å². The molecule has 156 valence electrons. The first-order chi connectivity index (χ1) is 14.1. The van der Waals surface area contributed by atoms with E-state index in [2.05, 4.69) is 5.32 Å². The highest BCUT2D eigenvalue weighted by Gasteiger charge is 2.40. The van der Waals surface area contributed by atoms with Crippen LogP contribution in [0.5, 0.6) is 5.75 Å². The summed E-state index contributed by atoms with van der Waals surface area (Å²) in [6.45, 7) is 2.02. The van der Waals surface area contributed by atoms with Gasteiger partial charge >= 0.3 is 0 Å². The fourth-order valence-corrected chi connectivity index (χ4v) is 4.55. The minimum atomic E-state index is -0.612. The Morgan fingerprint density at radius 2 is 1.86 bits per heavy atom. The van der Waals surface area contributed by atoms with Gasteiger partial charge in [-0.05, 0) is 30.9 Å². The third kappa shape index (κ3) is 4.45. The van der Waals surface area contributed by atoms with Crippen LogP contribution in [0.15, 0.2) is 18.2 Å². The smallest absolute Gasteiger partial charge is 0.255 e. The van der Waals surface area contributed by atoms with Gasteiger partial charge in [0.25, 0.3) is 5.91 Å². The molecule has 1 N–H and O–H groups in total. The van der Waals surface area contributed by atoms with Crippen LogP contribution < -0.4 is 10.1 Å². The summed E-state index contributed by atoms with van der Waals surface area (Å²) < 4.78 is 11.6. The molecule has 29 heavy (non-hydrogen) atoms. The molecule has 1 atom stereocenters. The van der Waals surface area contributed by atoms with Gasteiger partial charge < -0.3 is 14.4 Å². The molecule has 7 nitrogen and oxygen atoms in total. The molecule has 3 amide bonds. The first-order valence-corrected chi connectivity index (χ1v) is 10.6. The van der Waals surface area contributed by atoms with Crippen LogP contribution in [0, 0.1) is 5.92 Å². The Bertz CT molecular complexity index is 787. The highest BCUT2D eigenvalue weighted by atomic mass is 16.5. The molecule has 1 aromatic rings. The number of nitrogens with zero attached hydrogens (tertiary/aromatic N) is 1. The van der Waals surface area contributed by atoms with Crippen LogP contribution in [0.4, 0.5) is 0 Å². The Labute approximate surface area is 170 Å². The van der Waals surface area contributed by atoms with Crippen molar-refractivity contribution >= 4 is 17.7 Å². The number of hydrogen-bond donors (Lipinski definition) is 1. The topological polar surface area (TPSA) is 84.9 Å². The van der Waals surface area contributed by atoms with Crippen LogP contribution in [0.3, 0.4) is 0 Å². The van der Waals surface area contributed by atoms with E-state index in [1.54, 1.807) is 12.1 Å². The molecule has 1 aromatic carbocycles. The molecule has 1 saturated heterocycles. The number of carbonyl (C=O) groups is 3. The predicted octanol–water partition coefficient (Wildman–Crippen LogP) is 2.42. The van der Waals surface area contributed by atoms with Crippen LogP contribution in [-0.4, -0.2) is 48.5 Å². The number of ether oxygens (including phenoxy) is 2. The summed E-state index contributed by atoms with van der Waals surface area (Å²) in [4.78, 5) is 37.9. The summed E-state index contributed by atoms with van der Waals surface area (Å²) in [5.74, 6) is 0.600. The average molecular weight is 400 g/mol. The number of fused-ring (bicyclic) bond motifs is 1. The quantitative estimate of drug-likeness (QED) is 0.535. The van der Waals surface area contributed by atoms with E-state index in [1.165, 1.54) is 30.6 Å². The lowest BCUT2D eigenvalue weighted by molar-refractivity contribution is -0.136. The molecule has 7 heteroatoms. The summed E-state index contributed by atoms with van der Waals surface area (Å²) in [6.07, 6.45) is 7.08. The molecule has 1 unspecified atom stereocenters. The number of piperidine rings is 1. The summed E-state index contributed by atoms with van der Waals surface area (Å²) >= 11 is 0. The Morgan fingerprint density at radius 3 is 2.66 bits per heavy atom. The zero-order chi connectivity index (χ0) is 20.2. The molecule has 3 aliphatic rings. The van der Waals surface area contributed by atoms with Crippen LogP contribution in [0.1, 0.15) is 60.9 Å². The molecule has 0 spiro atoms. The molecule has 0 radical (unpaired) electrons. The van der Waals surface area contributed by atoms with Crippen molar-refractivity contribution in [2.45, 2.75) is 57.5 Å². The molecular formula is C22H28N2O5. The lowest BCUT2D eigenvalue weighted by Gasteiger charge is -2.29. The van der Waals surface area contributed by atoms with Crippen molar-refractivity contribution in [1.82, 2.24) is 10.2 Å². The first-order valence-electron chi connectivity index (χ1n) is 10.6. The van der Waals surface area contributed by atoms with Crippen molar-refractivity contribution in [3.8, 4) is 5.75 Å². The molecule has 0 aromatic heterocycles. The van der Waals surface area contributed by atoms with Crippen molar-refractivity contribution in [3.63, 3.8) is 0 Å². The number of imide groups is 1. The van der Waals surface area contributed by atoms with Gasteiger partial charge in [-0.2, -0.15) is 0 Å². The molecule has 1 saturated carbocycles. The summed E-state index contributed by atoms with van der Waals surface area (Å²) in [5.41, 5.74) is 1.36. The van der Waals surface area contributed by atoms with E-state index in [4.69, 9.17) is 9.47 Å². The van der Waals surface area contributed by atoms with Crippen molar-refractivity contribution in [1.29, 1.82) is 0 Å². The van der Waals surface area contributed by atoms with Gasteiger partial charge in [0.15, 0.2) is 0 Å². The fraction of sp³-hybridized carbons (Fsp3) is 0.591. The lowest BCUT2D eigenvalue weighted by Crippen LogP contribution is -2.52. The minimum absolute atomic E-state index is 0.187. The highest BCUT2D eigenvalue weighted by molar-refractivity contribution is 6.05. The molecule has 0 bridgehead atoms. The van der Waals surface area contributed by atoms with Crippen LogP contribution >= 0.6 is 0 Å². The van der Waals surface area contributed by atoms with Gasteiger partial charge in [0.05, 0.1) is 13.2 Å². The van der Waals surface area contributed by atoms with E-state index < -0.39 is 11.9 Å². The summed E-state index contributed by atoms with van der Waals surface area (Å²) in [6, 6.07) is 4.79. The zero-order valence-corrected chi connectivity index (χ0v) is 16.7. The van der Waals surface area contributed by atoms with Crippen molar-refractivity contribution in [2.75, 3.05) is 19.8 Å². The third-order valence-corrected chi connectivity index (χ3v) is 6.17. The lowest BCUT2D eigenvalue weighted by atomic mass is 10.0. The zero-order valence-electron chi connectivity index (χ0n) is 16.7. The number of amides is 3. The minimum Gasteiger partial charge on any atom is -0.491 e. The van der Waals surface area contributed by atoms with Crippen molar-refractivity contribution in [3.05, 3.63) is 29.3 Å². The van der Waals surface area contributed by atoms with Gasteiger partial charge in [0.1, 0.15) is 18.4 Å². The van der Waals surface area contributed by atoms with E-state index in [9.17, 15) is 14.4 Å². The van der Waals surface area contributed by atoms with E-state index in [0.717, 1.165) is 24.5 Å². The molecular weight excluding hydrogens is 372 g/mol. The Hall–Kier alpha value is -2.41. The first kappa shape index (κ1) is 19.9. The number of nitrogens with one attached hydrogen (secondary N) is 1. The maximum atomic E-state index is 12.8. The number of rotatable bonds is 8. The van der Waals surface area contributed by atoms with Gasteiger partial charge in [0.2, 0.25) is 11.8 Å². The SMILES string of the molecule is O=C1CCC(N2Cc3c(OCCOCCC4CCCC4)cccc3C2=O)C(=O)N1. The van der Waals surface area contributed by atoms with Crippen LogP contribution in [0.25, 0.3) is 0 Å². The largest absolute Gasteiger partial charge is 0.491 e. The van der Waals surface area contributed by atoms with E-state index in [0.29, 0.717) is 37.5 Å². The predicted molar refractivity (Wildman–Crippen MR) is 105 cm³/mol. The average Bonchev–Trinajstić information content (AvgIpc) is 3.34.